The molecule has 0 bridgehead atoms. The van der Waals surface area contributed by atoms with Crippen molar-refractivity contribution in [3.8, 4) is 0 Å². The zero-order valence-electron chi connectivity index (χ0n) is 10.2. The SMILES string of the molecule is O=S(=O)(c1cc(F)cc(F)c1)N1CCC(CCO)C1. The average Bonchev–Trinajstić information content (AvgIpc) is 2.77. The zero-order chi connectivity index (χ0) is 14.0. The number of sulfonamides is 1. The van der Waals surface area contributed by atoms with Crippen LogP contribution in [-0.4, -0.2) is 37.5 Å². The molecule has 1 aromatic carbocycles. The third kappa shape index (κ3) is 3.10. The standard InChI is InChI=1S/C12H15F2NO3S/c13-10-5-11(14)7-12(6-10)19(17,18)15-3-1-9(8-15)2-4-16/h5-7,9,16H,1-4,8H2. The third-order valence-corrected chi connectivity index (χ3v) is 5.10. The summed E-state index contributed by atoms with van der Waals surface area (Å²) in [5.41, 5.74) is 0. The number of halogens is 2. The Morgan fingerprint density at radius 3 is 2.47 bits per heavy atom. The first-order chi connectivity index (χ1) is 8.93. The summed E-state index contributed by atoms with van der Waals surface area (Å²) in [6.07, 6.45) is 1.18. The first kappa shape index (κ1) is 14.4. The zero-order valence-corrected chi connectivity index (χ0v) is 11.0. The molecule has 0 saturated carbocycles. The summed E-state index contributed by atoms with van der Waals surface area (Å²) >= 11 is 0. The predicted molar refractivity (Wildman–Crippen MR) is 64.9 cm³/mol. The van der Waals surface area contributed by atoms with E-state index in [0.717, 1.165) is 12.1 Å². The Balaban J connectivity index is 2.23. The maximum absolute atomic E-state index is 13.1. The van der Waals surface area contributed by atoms with Crippen molar-refractivity contribution < 1.29 is 22.3 Å². The van der Waals surface area contributed by atoms with E-state index in [4.69, 9.17) is 5.11 Å². The monoisotopic (exact) mass is 291 g/mol. The van der Waals surface area contributed by atoms with Crippen molar-refractivity contribution in [3.63, 3.8) is 0 Å². The summed E-state index contributed by atoms with van der Waals surface area (Å²) in [7, 11) is -3.86. The van der Waals surface area contributed by atoms with Crippen LogP contribution in [0, 0.1) is 17.6 Å². The van der Waals surface area contributed by atoms with Gasteiger partial charge in [-0.2, -0.15) is 4.31 Å². The highest BCUT2D eigenvalue weighted by molar-refractivity contribution is 7.89. The van der Waals surface area contributed by atoms with Crippen LogP contribution in [0.5, 0.6) is 0 Å². The maximum atomic E-state index is 13.1. The fraction of sp³-hybridized carbons (Fsp3) is 0.500. The molecular formula is C12H15F2NO3S. The van der Waals surface area contributed by atoms with E-state index < -0.39 is 21.7 Å². The molecule has 0 radical (unpaired) electrons. The van der Waals surface area contributed by atoms with Crippen LogP contribution in [0.25, 0.3) is 0 Å². The number of rotatable bonds is 4. The van der Waals surface area contributed by atoms with Gasteiger partial charge in [0.15, 0.2) is 0 Å². The number of hydrogen-bond acceptors (Lipinski definition) is 3. The molecule has 1 unspecified atom stereocenters. The topological polar surface area (TPSA) is 57.6 Å². The minimum atomic E-state index is -3.86. The summed E-state index contributed by atoms with van der Waals surface area (Å²) in [5, 5.41) is 8.84. The van der Waals surface area contributed by atoms with Crippen LogP contribution >= 0.6 is 0 Å². The van der Waals surface area contributed by atoms with Crippen molar-refractivity contribution in [3.05, 3.63) is 29.8 Å². The van der Waals surface area contributed by atoms with Gasteiger partial charge < -0.3 is 5.11 Å². The van der Waals surface area contributed by atoms with Gasteiger partial charge in [0.25, 0.3) is 0 Å². The minimum Gasteiger partial charge on any atom is -0.396 e. The average molecular weight is 291 g/mol. The minimum absolute atomic E-state index is 0.00709. The normalized spacial score (nSPS) is 20.9. The van der Waals surface area contributed by atoms with E-state index in [-0.39, 0.29) is 24.0 Å². The highest BCUT2D eigenvalue weighted by Gasteiger charge is 2.32. The highest BCUT2D eigenvalue weighted by atomic mass is 32.2. The molecule has 4 nitrogen and oxygen atoms in total. The second kappa shape index (κ2) is 5.52. The van der Waals surface area contributed by atoms with Gasteiger partial charge in [0.05, 0.1) is 4.90 Å². The quantitative estimate of drug-likeness (QED) is 0.911. The Morgan fingerprint density at radius 1 is 1.26 bits per heavy atom. The van der Waals surface area contributed by atoms with E-state index >= 15 is 0 Å². The molecule has 7 heteroatoms. The van der Waals surface area contributed by atoms with Crippen LogP contribution in [0.2, 0.25) is 0 Å². The number of benzene rings is 1. The van der Waals surface area contributed by atoms with Crippen LogP contribution in [0.1, 0.15) is 12.8 Å². The molecule has 0 aliphatic carbocycles. The summed E-state index contributed by atoms with van der Waals surface area (Å²) in [6, 6.07) is 2.27. The Bertz CT molecular complexity index is 542. The van der Waals surface area contributed by atoms with Crippen LogP contribution in [0.3, 0.4) is 0 Å². The molecule has 1 aromatic rings. The van der Waals surface area contributed by atoms with Gasteiger partial charge >= 0.3 is 0 Å². The van der Waals surface area contributed by atoms with Gasteiger partial charge in [-0.3, -0.25) is 0 Å². The van der Waals surface area contributed by atoms with Gasteiger partial charge in [-0.25, -0.2) is 17.2 Å². The molecular weight excluding hydrogens is 276 g/mol. The molecule has 106 valence electrons. The highest BCUT2D eigenvalue weighted by Crippen LogP contribution is 2.26. The van der Waals surface area contributed by atoms with Gasteiger partial charge in [-0.05, 0) is 30.9 Å². The second-order valence-corrected chi connectivity index (χ2v) is 6.57. The molecule has 0 aromatic heterocycles. The largest absolute Gasteiger partial charge is 0.396 e. The van der Waals surface area contributed by atoms with Crippen molar-refractivity contribution in [2.24, 2.45) is 5.92 Å². The van der Waals surface area contributed by atoms with Gasteiger partial charge in [-0.15, -0.1) is 0 Å². The Labute approximate surface area is 110 Å². The van der Waals surface area contributed by atoms with Crippen LogP contribution in [0.15, 0.2) is 23.1 Å². The van der Waals surface area contributed by atoms with Crippen LogP contribution in [-0.2, 0) is 10.0 Å². The lowest BCUT2D eigenvalue weighted by Crippen LogP contribution is -2.29. The summed E-state index contributed by atoms with van der Waals surface area (Å²) < 4.78 is 51.8. The molecule has 2 rings (SSSR count). The molecule has 1 N–H and O–H groups in total. The number of aliphatic hydroxyl groups excluding tert-OH is 1. The molecule has 1 heterocycles. The van der Waals surface area contributed by atoms with Crippen LogP contribution < -0.4 is 0 Å². The van der Waals surface area contributed by atoms with Crippen molar-refractivity contribution in [1.29, 1.82) is 0 Å². The molecule has 0 amide bonds. The lowest BCUT2D eigenvalue weighted by molar-refractivity contribution is 0.259. The third-order valence-electron chi connectivity index (χ3n) is 3.26. The second-order valence-electron chi connectivity index (χ2n) is 4.64. The lowest BCUT2D eigenvalue weighted by Gasteiger charge is -2.16. The van der Waals surface area contributed by atoms with Crippen LogP contribution in [0.4, 0.5) is 8.78 Å². The number of aliphatic hydroxyl groups is 1. The van der Waals surface area contributed by atoms with Gasteiger partial charge in [0, 0.05) is 25.8 Å². The summed E-state index contributed by atoms with van der Waals surface area (Å²) in [6.45, 7) is 0.597. The van der Waals surface area contributed by atoms with E-state index in [1.807, 2.05) is 0 Å². The van der Waals surface area contributed by atoms with Gasteiger partial charge in [-0.1, -0.05) is 0 Å². The van der Waals surface area contributed by atoms with Crippen molar-refractivity contribution in [1.82, 2.24) is 4.31 Å². The van der Waals surface area contributed by atoms with E-state index in [2.05, 4.69) is 0 Å². The molecule has 1 aliphatic rings. The number of hydrogen-bond donors (Lipinski definition) is 1. The smallest absolute Gasteiger partial charge is 0.243 e. The van der Waals surface area contributed by atoms with Crippen molar-refractivity contribution in [2.75, 3.05) is 19.7 Å². The van der Waals surface area contributed by atoms with Crippen molar-refractivity contribution >= 4 is 10.0 Å². The summed E-state index contributed by atoms with van der Waals surface area (Å²) in [5.74, 6) is -1.73. The fourth-order valence-corrected chi connectivity index (χ4v) is 3.83. The molecule has 1 aliphatic heterocycles. The molecule has 19 heavy (non-hydrogen) atoms. The first-order valence-electron chi connectivity index (χ1n) is 6.00. The van der Waals surface area contributed by atoms with E-state index in [9.17, 15) is 17.2 Å². The maximum Gasteiger partial charge on any atom is 0.243 e. The molecule has 0 spiro atoms. The Kier molecular flexibility index (Phi) is 4.17. The molecule has 1 fully saturated rings. The predicted octanol–water partition coefficient (Wildman–Crippen LogP) is 1.36. The lowest BCUT2D eigenvalue weighted by atomic mass is 10.1. The van der Waals surface area contributed by atoms with Crippen molar-refractivity contribution in [2.45, 2.75) is 17.7 Å². The molecule has 1 atom stereocenters. The summed E-state index contributed by atoms with van der Waals surface area (Å²) in [4.78, 5) is -0.366. The Morgan fingerprint density at radius 2 is 1.89 bits per heavy atom. The first-order valence-corrected chi connectivity index (χ1v) is 7.44. The van der Waals surface area contributed by atoms with E-state index in [1.54, 1.807) is 0 Å². The van der Waals surface area contributed by atoms with Gasteiger partial charge in [0.1, 0.15) is 11.6 Å². The van der Waals surface area contributed by atoms with Gasteiger partial charge in [0.2, 0.25) is 10.0 Å². The number of nitrogens with zero attached hydrogens (tertiary/aromatic N) is 1. The Hall–Kier alpha value is -1.05. The fourth-order valence-electron chi connectivity index (χ4n) is 2.26. The molecule has 1 saturated heterocycles. The van der Waals surface area contributed by atoms with E-state index in [1.165, 1.54) is 4.31 Å². The van der Waals surface area contributed by atoms with E-state index in [0.29, 0.717) is 25.5 Å².